The van der Waals surface area contributed by atoms with Crippen molar-refractivity contribution in [3.05, 3.63) is 65.7 Å². The van der Waals surface area contributed by atoms with Gasteiger partial charge in [-0.05, 0) is 31.0 Å². The molecule has 0 bridgehead atoms. The van der Waals surface area contributed by atoms with Crippen LogP contribution in [0.5, 0.6) is 5.75 Å². The Labute approximate surface area is 136 Å². The number of benzene rings is 2. The molecular weight excluding hydrogens is 292 g/mol. The molecule has 0 aliphatic heterocycles. The molecule has 0 amide bonds. The number of carbonyl (C=O) groups excluding carboxylic acids is 2. The number of carbonyl (C=O) groups is 2. The first-order valence-electron chi connectivity index (χ1n) is 7.54. The van der Waals surface area contributed by atoms with Gasteiger partial charge in [-0.1, -0.05) is 42.5 Å². The van der Waals surface area contributed by atoms with Crippen molar-refractivity contribution in [1.29, 1.82) is 0 Å². The zero-order valence-corrected chi connectivity index (χ0v) is 13.3. The molecule has 1 atom stereocenters. The summed E-state index contributed by atoms with van der Waals surface area (Å²) < 4.78 is 10.3. The van der Waals surface area contributed by atoms with Crippen molar-refractivity contribution in [3.63, 3.8) is 0 Å². The van der Waals surface area contributed by atoms with Crippen LogP contribution in [0, 0.1) is 5.92 Å². The van der Waals surface area contributed by atoms with Gasteiger partial charge in [0.2, 0.25) is 0 Å². The molecule has 0 N–H and O–H groups in total. The molecule has 23 heavy (non-hydrogen) atoms. The summed E-state index contributed by atoms with van der Waals surface area (Å²) >= 11 is 0. The molecule has 0 fully saturated rings. The van der Waals surface area contributed by atoms with Crippen molar-refractivity contribution in [1.82, 2.24) is 0 Å². The number of rotatable bonds is 7. The van der Waals surface area contributed by atoms with Crippen LogP contribution in [0.2, 0.25) is 0 Å². The normalized spacial score (nSPS) is 11.6. The Kier molecular flexibility index (Phi) is 5.92. The number of ether oxygens (including phenoxy) is 2. The molecule has 0 spiro atoms. The Balaban J connectivity index is 2.27. The van der Waals surface area contributed by atoms with Crippen molar-refractivity contribution in [3.8, 4) is 5.75 Å². The smallest absolute Gasteiger partial charge is 0.317 e. The molecule has 0 radical (unpaired) electrons. The van der Waals surface area contributed by atoms with Gasteiger partial charge in [0.25, 0.3) is 0 Å². The fourth-order valence-corrected chi connectivity index (χ4v) is 2.36. The van der Waals surface area contributed by atoms with E-state index in [0.717, 1.165) is 5.56 Å². The SMILES string of the molecule is CCOC(=O)[C@@H](Cc1cccc(OC)c1)C(=O)c1ccccc1. The standard InChI is InChI=1S/C19H20O4/c1-3-23-19(21)17(18(20)15-9-5-4-6-10-15)13-14-8-7-11-16(12-14)22-2/h4-12,17H,3,13H2,1-2H3/t17-/m0/s1. The van der Waals surface area contributed by atoms with E-state index in [1.165, 1.54) is 0 Å². The molecule has 2 rings (SSSR count). The second kappa shape index (κ2) is 8.13. The third kappa shape index (κ3) is 4.42. The lowest BCUT2D eigenvalue weighted by Gasteiger charge is -2.15. The fourth-order valence-electron chi connectivity index (χ4n) is 2.36. The maximum Gasteiger partial charge on any atom is 0.317 e. The summed E-state index contributed by atoms with van der Waals surface area (Å²) in [7, 11) is 1.58. The fraction of sp³-hybridized carbons (Fsp3) is 0.263. The second-order valence-electron chi connectivity index (χ2n) is 5.09. The molecule has 0 saturated heterocycles. The molecule has 0 aromatic heterocycles. The van der Waals surface area contributed by atoms with Gasteiger partial charge >= 0.3 is 5.97 Å². The minimum atomic E-state index is -0.857. The quantitative estimate of drug-likeness (QED) is 0.447. The van der Waals surface area contributed by atoms with Crippen LogP contribution in [0.15, 0.2) is 54.6 Å². The summed E-state index contributed by atoms with van der Waals surface area (Å²) in [5.74, 6) is -0.891. The maximum absolute atomic E-state index is 12.7. The van der Waals surface area contributed by atoms with Crippen LogP contribution < -0.4 is 4.74 Å². The molecule has 0 unspecified atom stereocenters. The van der Waals surface area contributed by atoms with Gasteiger partial charge in [0.05, 0.1) is 13.7 Å². The number of esters is 1. The van der Waals surface area contributed by atoms with Crippen LogP contribution in [-0.4, -0.2) is 25.5 Å². The third-order valence-corrected chi connectivity index (χ3v) is 3.52. The largest absolute Gasteiger partial charge is 0.497 e. The van der Waals surface area contributed by atoms with Crippen LogP contribution in [0.4, 0.5) is 0 Å². The van der Waals surface area contributed by atoms with Gasteiger partial charge in [0, 0.05) is 5.56 Å². The number of ketones is 1. The average Bonchev–Trinajstić information content (AvgIpc) is 2.60. The highest BCUT2D eigenvalue weighted by molar-refractivity contribution is 6.08. The molecule has 0 aliphatic carbocycles. The highest BCUT2D eigenvalue weighted by atomic mass is 16.5. The maximum atomic E-state index is 12.7. The van der Waals surface area contributed by atoms with Crippen LogP contribution in [0.3, 0.4) is 0 Å². The van der Waals surface area contributed by atoms with Crippen molar-refractivity contribution >= 4 is 11.8 Å². The summed E-state index contributed by atoms with van der Waals surface area (Å²) in [5, 5.41) is 0. The van der Waals surface area contributed by atoms with Gasteiger partial charge in [0.1, 0.15) is 11.7 Å². The highest BCUT2D eigenvalue weighted by Crippen LogP contribution is 2.20. The highest BCUT2D eigenvalue weighted by Gasteiger charge is 2.29. The Bertz CT molecular complexity index is 664. The number of hydrogen-bond acceptors (Lipinski definition) is 4. The van der Waals surface area contributed by atoms with Crippen molar-refractivity contribution in [2.45, 2.75) is 13.3 Å². The summed E-state index contributed by atoms with van der Waals surface area (Å²) in [6.45, 7) is 1.98. The lowest BCUT2D eigenvalue weighted by atomic mass is 9.91. The van der Waals surface area contributed by atoms with Gasteiger partial charge in [-0.15, -0.1) is 0 Å². The molecular formula is C19H20O4. The Morgan fingerprint density at radius 3 is 2.43 bits per heavy atom. The molecule has 2 aromatic rings. The molecule has 2 aromatic carbocycles. The van der Waals surface area contributed by atoms with Gasteiger partial charge in [-0.25, -0.2) is 0 Å². The molecule has 4 nitrogen and oxygen atoms in total. The zero-order chi connectivity index (χ0) is 16.7. The van der Waals surface area contributed by atoms with Crippen molar-refractivity contribution in [2.24, 2.45) is 5.92 Å². The Morgan fingerprint density at radius 1 is 1.04 bits per heavy atom. The van der Waals surface area contributed by atoms with Crippen LogP contribution in [-0.2, 0) is 16.0 Å². The van der Waals surface area contributed by atoms with Gasteiger partial charge in [-0.3, -0.25) is 9.59 Å². The number of methoxy groups -OCH3 is 1. The zero-order valence-electron chi connectivity index (χ0n) is 13.3. The monoisotopic (exact) mass is 312 g/mol. The van der Waals surface area contributed by atoms with E-state index >= 15 is 0 Å². The Hall–Kier alpha value is -2.62. The van der Waals surface area contributed by atoms with Crippen LogP contribution in [0.25, 0.3) is 0 Å². The van der Waals surface area contributed by atoms with E-state index in [4.69, 9.17) is 9.47 Å². The molecule has 0 saturated carbocycles. The van der Waals surface area contributed by atoms with E-state index in [-0.39, 0.29) is 18.8 Å². The second-order valence-corrected chi connectivity index (χ2v) is 5.09. The summed E-state index contributed by atoms with van der Waals surface area (Å²) in [4.78, 5) is 24.9. The summed E-state index contributed by atoms with van der Waals surface area (Å²) in [6.07, 6.45) is 0.282. The summed E-state index contributed by atoms with van der Waals surface area (Å²) in [6, 6.07) is 16.2. The van der Waals surface area contributed by atoms with E-state index in [9.17, 15) is 9.59 Å². The predicted octanol–water partition coefficient (Wildman–Crippen LogP) is 3.30. The van der Waals surface area contributed by atoms with Crippen molar-refractivity contribution in [2.75, 3.05) is 13.7 Å². The molecule has 0 aliphatic rings. The van der Waals surface area contributed by atoms with E-state index in [1.807, 2.05) is 30.3 Å². The van der Waals surface area contributed by atoms with Gasteiger partial charge in [-0.2, -0.15) is 0 Å². The van der Waals surface area contributed by atoms with E-state index in [2.05, 4.69) is 0 Å². The minimum Gasteiger partial charge on any atom is -0.497 e. The van der Waals surface area contributed by atoms with Crippen LogP contribution >= 0.6 is 0 Å². The predicted molar refractivity (Wildman–Crippen MR) is 87.6 cm³/mol. The molecule has 120 valence electrons. The first-order valence-corrected chi connectivity index (χ1v) is 7.54. The lowest BCUT2D eigenvalue weighted by molar-refractivity contribution is -0.146. The van der Waals surface area contributed by atoms with Gasteiger partial charge < -0.3 is 9.47 Å². The molecule has 0 heterocycles. The third-order valence-electron chi connectivity index (χ3n) is 3.52. The van der Waals surface area contributed by atoms with E-state index in [1.54, 1.807) is 38.3 Å². The minimum absolute atomic E-state index is 0.230. The summed E-state index contributed by atoms with van der Waals surface area (Å²) in [5.41, 5.74) is 1.36. The van der Waals surface area contributed by atoms with Gasteiger partial charge in [0.15, 0.2) is 5.78 Å². The first kappa shape index (κ1) is 16.7. The first-order chi connectivity index (χ1) is 11.2. The van der Waals surface area contributed by atoms with E-state index < -0.39 is 11.9 Å². The van der Waals surface area contributed by atoms with E-state index in [0.29, 0.717) is 11.3 Å². The van der Waals surface area contributed by atoms with Crippen LogP contribution in [0.1, 0.15) is 22.8 Å². The Morgan fingerprint density at radius 2 is 1.78 bits per heavy atom. The van der Waals surface area contributed by atoms with Crippen molar-refractivity contribution < 1.29 is 19.1 Å². The average molecular weight is 312 g/mol. The number of hydrogen-bond donors (Lipinski definition) is 0. The topological polar surface area (TPSA) is 52.6 Å². The molecule has 4 heteroatoms. The number of Topliss-reactive ketones (excluding diaryl/α,β-unsaturated/α-hetero) is 1. The lowest BCUT2D eigenvalue weighted by Crippen LogP contribution is -2.28.